The number of hydrogen-bond donors (Lipinski definition) is 2. The molecule has 0 unspecified atom stereocenters. The minimum absolute atomic E-state index is 0.0383. The van der Waals surface area contributed by atoms with E-state index in [1.54, 1.807) is 4.68 Å². The summed E-state index contributed by atoms with van der Waals surface area (Å²) in [7, 11) is 0. The SMILES string of the molecule is CC(C)(CCc1ccccc1)NCc1cn(CCO)nn1. The quantitative estimate of drug-likeness (QED) is 0.777. The summed E-state index contributed by atoms with van der Waals surface area (Å²) >= 11 is 0. The molecule has 1 heterocycles. The Bertz CT molecular complexity index is 536. The second-order valence-electron chi connectivity index (χ2n) is 5.92. The highest BCUT2D eigenvalue weighted by molar-refractivity contribution is 5.15. The van der Waals surface area contributed by atoms with Crippen molar-refractivity contribution in [1.29, 1.82) is 0 Å². The lowest BCUT2D eigenvalue weighted by atomic mass is 9.95. The molecule has 0 saturated heterocycles. The molecule has 0 aliphatic rings. The third kappa shape index (κ3) is 5.28. The molecule has 2 aromatic rings. The molecule has 0 radical (unpaired) electrons. The molecule has 114 valence electrons. The second kappa shape index (κ2) is 7.33. The highest BCUT2D eigenvalue weighted by Gasteiger charge is 2.17. The summed E-state index contributed by atoms with van der Waals surface area (Å²) in [6.45, 7) is 5.67. The fourth-order valence-electron chi connectivity index (χ4n) is 2.15. The van der Waals surface area contributed by atoms with Crippen LogP contribution in [0.3, 0.4) is 0 Å². The summed E-state index contributed by atoms with van der Waals surface area (Å²) in [6.07, 6.45) is 3.98. The Labute approximate surface area is 126 Å². The van der Waals surface area contributed by atoms with E-state index in [0.29, 0.717) is 13.1 Å². The van der Waals surface area contributed by atoms with E-state index in [9.17, 15) is 0 Å². The molecule has 0 saturated carbocycles. The first-order valence-corrected chi connectivity index (χ1v) is 7.38. The number of nitrogens with one attached hydrogen (secondary N) is 1. The summed E-state index contributed by atoms with van der Waals surface area (Å²) in [5.41, 5.74) is 2.30. The van der Waals surface area contributed by atoms with E-state index in [2.05, 4.69) is 53.7 Å². The van der Waals surface area contributed by atoms with Gasteiger partial charge in [-0.05, 0) is 32.3 Å². The van der Waals surface area contributed by atoms with Gasteiger partial charge in [0.05, 0.1) is 18.8 Å². The number of benzene rings is 1. The van der Waals surface area contributed by atoms with Gasteiger partial charge in [0, 0.05) is 18.3 Å². The largest absolute Gasteiger partial charge is 0.394 e. The molecule has 2 N–H and O–H groups in total. The Morgan fingerprint density at radius 1 is 1.24 bits per heavy atom. The van der Waals surface area contributed by atoms with E-state index >= 15 is 0 Å². The maximum Gasteiger partial charge on any atom is 0.0965 e. The Hall–Kier alpha value is -1.72. The Morgan fingerprint density at radius 2 is 2.00 bits per heavy atom. The Morgan fingerprint density at radius 3 is 2.71 bits per heavy atom. The predicted octanol–water partition coefficient (Wildman–Crippen LogP) is 1.77. The molecule has 0 atom stereocenters. The van der Waals surface area contributed by atoms with Crippen LogP contribution >= 0.6 is 0 Å². The van der Waals surface area contributed by atoms with Gasteiger partial charge in [-0.25, -0.2) is 4.68 Å². The fourth-order valence-corrected chi connectivity index (χ4v) is 2.15. The monoisotopic (exact) mass is 288 g/mol. The maximum absolute atomic E-state index is 8.86. The van der Waals surface area contributed by atoms with Crippen molar-refractivity contribution in [2.24, 2.45) is 0 Å². The minimum Gasteiger partial charge on any atom is -0.394 e. The number of aryl methyl sites for hydroxylation is 1. The summed E-state index contributed by atoms with van der Waals surface area (Å²) in [6, 6.07) is 10.5. The second-order valence-corrected chi connectivity index (χ2v) is 5.92. The van der Waals surface area contributed by atoms with Gasteiger partial charge in [0.1, 0.15) is 0 Å². The Kier molecular flexibility index (Phi) is 5.47. The van der Waals surface area contributed by atoms with Crippen molar-refractivity contribution >= 4 is 0 Å². The van der Waals surface area contributed by atoms with Gasteiger partial charge >= 0.3 is 0 Å². The van der Waals surface area contributed by atoms with Crippen LogP contribution in [0.4, 0.5) is 0 Å². The molecule has 5 heteroatoms. The number of aliphatic hydroxyl groups is 1. The lowest BCUT2D eigenvalue weighted by Crippen LogP contribution is -2.39. The van der Waals surface area contributed by atoms with Crippen molar-refractivity contribution in [2.75, 3.05) is 6.61 Å². The smallest absolute Gasteiger partial charge is 0.0965 e. The number of rotatable bonds is 8. The number of nitrogens with zero attached hydrogens (tertiary/aromatic N) is 3. The van der Waals surface area contributed by atoms with Crippen LogP contribution in [0, 0.1) is 0 Å². The lowest BCUT2D eigenvalue weighted by molar-refractivity contribution is 0.268. The molecule has 21 heavy (non-hydrogen) atoms. The van der Waals surface area contributed by atoms with Crippen LogP contribution < -0.4 is 5.32 Å². The van der Waals surface area contributed by atoms with E-state index in [-0.39, 0.29) is 12.1 Å². The zero-order valence-electron chi connectivity index (χ0n) is 12.8. The van der Waals surface area contributed by atoms with Gasteiger partial charge in [-0.15, -0.1) is 5.10 Å². The molecule has 0 aliphatic heterocycles. The molecule has 1 aromatic heterocycles. The highest BCUT2D eigenvalue weighted by Crippen LogP contribution is 2.14. The number of hydrogen-bond acceptors (Lipinski definition) is 4. The van der Waals surface area contributed by atoms with Crippen LogP contribution in [0.15, 0.2) is 36.5 Å². The average molecular weight is 288 g/mol. The molecule has 5 nitrogen and oxygen atoms in total. The third-order valence-corrected chi connectivity index (χ3v) is 3.54. The van der Waals surface area contributed by atoms with Gasteiger partial charge in [0.15, 0.2) is 0 Å². The van der Waals surface area contributed by atoms with E-state index in [1.165, 1.54) is 5.56 Å². The summed E-state index contributed by atoms with van der Waals surface area (Å²) < 4.78 is 1.66. The van der Waals surface area contributed by atoms with E-state index in [4.69, 9.17) is 5.11 Å². The zero-order chi connectivity index (χ0) is 15.1. The van der Waals surface area contributed by atoms with Gasteiger partial charge < -0.3 is 10.4 Å². The summed E-state index contributed by atoms with van der Waals surface area (Å²) in [5.74, 6) is 0. The maximum atomic E-state index is 8.86. The van der Waals surface area contributed by atoms with Crippen molar-refractivity contribution < 1.29 is 5.11 Å². The van der Waals surface area contributed by atoms with Gasteiger partial charge in [0.25, 0.3) is 0 Å². The van der Waals surface area contributed by atoms with Crippen LogP contribution in [0.25, 0.3) is 0 Å². The van der Waals surface area contributed by atoms with E-state index < -0.39 is 0 Å². The van der Waals surface area contributed by atoms with E-state index in [0.717, 1.165) is 18.5 Å². The Balaban J connectivity index is 1.80. The van der Waals surface area contributed by atoms with Gasteiger partial charge in [-0.2, -0.15) is 0 Å². The average Bonchev–Trinajstić information content (AvgIpc) is 2.93. The normalized spacial score (nSPS) is 11.8. The molecule has 0 spiro atoms. The van der Waals surface area contributed by atoms with Crippen molar-refractivity contribution in [3.05, 3.63) is 47.8 Å². The van der Waals surface area contributed by atoms with Crippen LogP contribution in [0.1, 0.15) is 31.5 Å². The van der Waals surface area contributed by atoms with Crippen LogP contribution in [0.5, 0.6) is 0 Å². The first-order valence-electron chi connectivity index (χ1n) is 7.38. The molecule has 0 amide bonds. The minimum atomic E-state index is 0.0383. The molecular formula is C16H24N4O. The predicted molar refractivity (Wildman–Crippen MR) is 82.8 cm³/mol. The molecular weight excluding hydrogens is 264 g/mol. The van der Waals surface area contributed by atoms with E-state index in [1.807, 2.05) is 12.3 Å². The highest BCUT2D eigenvalue weighted by atomic mass is 16.3. The van der Waals surface area contributed by atoms with Crippen molar-refractivity contribution in [2.45, 2.75) is 45.3 Å². The van der Waals surface area contributed by atoms with Gasteiger partial charge in [-0.1, -0.05) is 35.5 Å². The lowest BCUT2D eigenvalue weighted by Gasteiger charge is -2.26. The van der Waals surface area contributed by atoms with Crippen molar-refractivity contribution in [1.82, 2.24) is 20.3 Å². The topological polar surface area (TPSA) is 63.0 Å². The number of aliphatic hydroxyl groups excluding tert-OH is 1. The van der Waals surface area contributed by atoms with Crippen LogP contribution in [0.2, 0.25) is 0 Å². The van der Waals surface area contributed by atoms with Crippen molar-refractivity contribution in [3.8, 4) is 0 Å². The first kappa shape index (κ1) is 15.7. The molecule has 0 fully saturated rings. The summed E-state index contributed by atoms with van der Waals surface area (Å²) in [4.78, 5) is 0. The molecule has 0 bridgehead atoms. The van der Waals surface area contributed by atoms with Crippen molar-refractivity contribution in [3.63, 3.8) is 0 Å². The summed E-state index contributed by atoms with van der Waals surface area (Å²) in [5, 5.41) is 20.4. The number of aromatic nitrogens is 3. The first-order chi connectivity index (χ1) is 10.1. The molecule has 1 aromatic carbocycles. The van der Waals surface area contributed by atoms with Crippen LogP contribution in [-0.4, -0.2) is 32.2 Å². The van der Waals surface area contributed by atoms with Gasteiger partial charge in [0.2, 0.25) is 0 Å². The molecule has 2 rings (SSSR count). The zero-order valence-corrected chi connectivity index (χ0v) is 12.8. The third-order valence-electron chi connectivity index (χ3n) is 3.54. The standard InChI is InChI=1S/C16H24N4O/c1-16(2,9-8-14-6-4-3-5-7-14)17-12-15-13-20(10-11-21)19-18-15/h3-7,13,17,21H,8-12H2,1-2H3. The fraction of sp³-hybridized carbons (Fsp3) is 0.500. The van der Waals surface area contributed by atoms with Crippen LogP contribution in [-0.2, 0) is 19.5 Å². The van der Waals surface area contributed by atoms with Gasteiger partial charge in [-0.3, -0.25) is 0 Å². The molecule has 0 aliphatic carbocycles.